The molecule has 0 radical (unpaired) electrons. The van der Waals surface area contributed by atoms with Gasteiger partial charge >= 0.3 is 0 Å². The first kappa shape index (κ1) is 19.0. The van der Waals surface area contributed by atoms with Crippen molar-refractivity contribution >= 4 is 54.0 Å². The largest absolute Gasteiger partial charge is 0.367 e. The number of rotatable bonds is 4. The number of nitrogens with one attached hydrogen (secondary N) is 1. The van der Waals surface area contributed by atoms with Crippen molar-refractivity contribution in [1.29, 1.82) is 5.41 Å². The molecule has 0 aliphatic heterocycles. The van der Waals surface area contributed by atoms with E-state index in [9.17, 15) is 0 Å². The lowest BCUT2D eigenvalue weighted by Crippen LogP contribution is -2.27. The Hall–Kier alpha value is -2.08. The first-order valence-corrected chi connectivity index (χ1v) is 7.03. The molecular formula is C15H14Cl3N5. The summed E-state index contributed by atoms with van der Waals surface area (Å²) < 4.78 is 0. The number of guanidine groups is 1. The molecule has 0 saturated heterocycles. The van der Waals surface area contributed by atoms with Crippen LogP contribution in [-0.4, -0.2) is 23.5 Å². The van der Waals surface area contributed by atoms with E-state index in [0.717, 1.165) is 16.2 Å². The van der Waals surface area contributed by atoms with Gasteiger partial charge in [-0.05, 0) is 35.4 Å². The lowest BCUT2D eigenvalue weighted by molar-refractivity contribution is 0.472. The third-order valence-electron chi connectivity index (χ3n) is 2.59. The predicted octanol–water partition coefficient (Wildman–Crippen LogP) is 3.98. The Bertz CT molecular complexity index is 641. The molecule has 0 aromatic heterocycles. The van der Waals surface area contributed by atoms with Gasteiger partial charge in [0, 0.05) is 10.0 Å². The molecule has 2 rings (SSSR count). The van der Waals surface area contributed by atoms with E-state index in [-0.39, 0.29) is 18.4 Å². The van der Waals surface area contributed by atoms with Crippen molar-refractivity contribution in [3.05, 3.63) is 69.7 Å². The average molecular weight is 371 g/mol. The maximum atomic E-state index is 7.49. The van der Waals surface area contributed by atoms with Crippen LogP contribution in [0.1, 0.15) is 11.1 Å². The Labute approximate surface area is 150 Å². The van der Waals surface area contributed by atoms with Crippen molar-refractivity contribution in [1.82, 2.24) is 5.12 Å². The van der Waals surface area contributed by atoms with Crippen molar-refractivity contribution in [3.8, 4) is 0 Å². The van der Waals surface area contributed by atoms with E-state index in [1.165, 1.54) is 12.4 Å². The van der Waals surface area contributed by atoms with Gasteiger partial charge in [-0.3, -0.25) is 5.41 Å². The van der Waals surface area contributed by atoms with Crippen molar-refractivity contribution in [2.24, 2.45) is 15.9 Å². The summed E-state index contributed by atoms with van der Waals surface area (Å²) in [6.07, 6.45) is 3.08. The van der Waals surface area contributed by atoms with E-state index in [1.807, 2.05) is 0 Å². The van der Waals surface area contributed by atoms with Gasteiger partial charge in [-0.2, -0.15) is 10.2 Å². The van der Waals surface area contributed by atoms with E-state index in [0.29, 0.717) is 10.0 Å². The maximum Gasteiger partial charge on any atom is 0.232 e. The van der Waals surface area contributed by atoms with Crippen LogP contribution in [0.15, 0.2) is 58.7 Å². The molecule has 2 aromatic rings. The van der Waals surface area contributed by atoms with Gasteiger partial charge in [0.05, 0.1) is 12.4 Å². The quantitative estimate of drug-likeness (QED) is 0.485. The van der Waals surface area contributed by atoms with Crippen LogP contribution < -0.4 is 5.73 Å². The molecule has 0 amide bonds. The molecular weight excluding hydrogens is 357 g/mol. The number of hydrogen-bond donors (Lipinski definition) is 2. The predicted molar refractivity (Wildman–Crippen MR) is 99.1 cm³/mol. The van der Waals surface area contributed by atoms with E-state index in [1.54, 1.807) is 48.5 Å². The van der Waals surface area contributed by atoms with Gasteiger partial charge in [0.15, 0.2) is 0 Å². The molecule has 0 heterocycles. The number of nitrogens with zero attached hydrogens (tertiary/aromatic N) is 3. The molecule has 0 saturated carbocycles. The third kappa shape index (κ3) is 6.28. The highest BCUT2D eigenvalue weighted by atomic mass is 35.5. The minimum atomic E-state index is -0.296. The highest BCUT2D eigenvalue weighted by Crippen LogP contribution is 2.09. The molecule has 5 nitrogen and oxygen atoms in total. The second kappa shape index (κ2) is 9.15. The summed E-state index contributed by atoms with van der Waals surface area (Å²) in [5, 5.41) is 17.9. The summed E-state index contributed by atoms with van der Waals surface area (Å²) in [7, 11) is 0. The van der Waals surface area contributed by atoms with Crippen LogP contribution in [0.3, 0.4) is 0 Å². The summed E-state index contributed by atoms with van der Waals surface area (Å²) in [6, 6.07) is 14.2. The van der Waals surface area contributed by atoms with Crippen LogP contribution in [0.25, 0.3) is 0 Å². The number of nitrogens with two attached hydrogens (primary N) is 1. The van der Waals surface area contributed by atoms with Crippen molar-refractivity contribution in [2.75, 3.05) is 0 Å². The molecule has 0 aliphatic carbocycles. The molecule has 8 heteroatoms. The maximum absolute atomic E-state index is 7.49. The van der Waals surface area contributed by atoms with E-state index in [2.05, 4.69) is 10.2 Å². The number of halogens is 3. The summed E-state index contributed by atoms with van der Waals surface area (Å²) in [6.45, 7) is 0. The molecule has 3 N–H and O–H groups in total. The van der Waals surface area contributed by atoms with Crippen LogP contribution in [0.4, 0.5) is 0 Å². The zero-order valence-electron chi connectivity index (χ0n) is 11.9. The average Bonchev–Trinajstić information content (AvgIpc) is 2.50. The molecule has 0 aliphatic rings. The van der Waals surface area contributed by atoms with E-state index < -0.39 is 0 Å². The minimum absolute atomic E-state index is 0. The summed E-state index contributed by atoms with van der Waals surface area (Å²) >= 11 is 11.6. The first-order chi connectivity index (χ1) is 10.5. The van der Waals surface area contributed by atoms with Crippen LogP contribution in [0.2, 0.25) is 10.0 Å². The Kier molecular flexibility index (Phi) is 7.54. The standard InChI is InChI=1S/C15H13Cl2N5.ClH/c16-13-5-1-11(2-6-13)9-20-22(15(18)19)21-10-12-3-7-14(17)8-4-12;/h1-10H,(H3,18,19);1H/b20-9+,21-10+;. The minimum Gasteiger partial charge on any atom is -0.367 e. The monoisotopic (exact) mass is 369 g/mol. The lowest BCUT2D eigenvalue weighted by atomic mass is 10.2. The van der Waals surface area contributed by atoms with E-state index >= 15 is 0 Å². The summed E-state index contributed by atoms with van der Waals surface area (Å²) in [5.41, 5.74) is 7.09. The Morgan fingerprint density at radius 2 is 1.22 bits per heavy atom. The Balaban J connectivity index is 0.00000264. The lowest BCUT2D eigenvalue weighted by Gasteiger charge is -2.09. The highest BCUT2D eigenvalue weighted by molar-refractivity contribution is 6.30. The zero-order valence-corrected chi connectivity index (χ0v) is 14.2. The zero-order chi connectivity index (χ0) is 15.9. The van der Waals surface area contributed by atoms with E-state index in [4.69, 9.17) is 34.3 Å². The fraction of sp³-hybridized carbons (Fsp3) is 0. The van der Waals surface area contributed by atoms with Gasteiger partial charge in [0.25, 0.3) is 0 Å². The molecule has 2 aromatic carbocycles. The fourth-order valence-electron chi connectivity index (χ4n) is 1.49. The number of hydrazone groups is 2. The third-order valence-corrected chi connectivity index (χ3v) is 3.09. The van der Waals surface area contributed by atoms with Crippen LogP contribution in [0.5, 0.6) is 0 Å². The first-order valence-electron chi connectivity index (χ1n) is 6.28. The summed E-state index contributed by atoms with van der Waals surface area (Å²) in [4.78, 5) is 0. The smallest absolute Gasteiger partial charge is 0.232 e. The normalized spacial score (nSPS) is 10.7. The van der Waals surface area contributed by atoms with Crippen LogP contribution >= 0.6 is 35.6 Å². The van der Waals surface area contributed by atoms with Crippen molar-refractivity contribution < 1.29 is 0 Å². The number of hydrogen-bond acceptors (Lipinski definition) is 3. The van der Waals surface area contributed by atoms with Crippen molar-refractivity contribution in [2.45, 2.75) is 0 Å². The number of benzene rings is 2. The van der Waals surface area contributed by atoms with Gasteiger partial charge in [0.2, 0.25) is 5.96 Å². The van der Waals surface area contributed by atoms with Crippen LogP contribution in [0, 0.1) is 5.41 Å². The SMILES string of the molecule is Cl.N=C(N)N(/N=C/c1ccc(Cl)cc1)/N=C/c1ccc(Cl)cc1. The molecule has 0 unspecified atom stereocenters. The Morgan fingerprint density at radius 1 is 0.870 bits per heavy atom. The second-order valence-electron chi connectivity index (χ2n) is 4.27. The van der Waals surface area contributed by atoms with Crippen LogP contribution in [-0.2, 0) is 0 Å². The fourth-order valence-corrected chi connectivity index (χ4v) is 1.75. The van der Waals surface area contributed by atoms with Crippen molar-refractivity contribution in [3.63, 3.8) is 0 Å². The molecule has 0 spiro atoms. The van der Waals surface area contributed by atoms with Gasteiger partial charge in [0.1, 0.15) is 0 Å². The summed E-state index contributed by atoms with van der Waals surface area (Å²) in [5.74, 6) is -0.296. The molecule has 0 fully saturated rings. The molecule has 0 atom stereocenters. The topological polar surface area (TPSA) is 77.8 Å². The second-order valence-corrected chi connectivity index (χ2v) is 5.14. The Morgan fingerprint density at radius 3 is 1.52 bits per heavy atom. The van der Waals surface area contributed by atoms with Gasteiger partial charge < -0.3 is 5.73 Å². The van der Waals surface area contributed by atoms with Gasteiger partial charge in [-0.15, -0.1) is 17.5 Å². The van der Waals surface area contributed by atoms with Gasteiger partial charge in [-0.25, -0.2) is 0 Å². The van der Waals surface area contributed by atoms with Gasteiger partial charge in [-0.1, -0.05) is 47.5 Å². The molecule has 0 bridgehead atoms. The molecule has 23 heavy (non-hydrogen) atoms. The molecule has 120 valence electrons. The highest BCUT2D eigenvalue weighted by Gasteiger charge is 2.00.